The molecule has 0 aliphatic heterocycles. The van der Waals surface area contributed by atoms with Gasteiger partial charge in [0, 0.05) is 17.5 Å². The molecule has 168 valence electrons. The number of carbonyl (C=O) groups is 2. The summed E-state index contributed by atoms with van der Waals surface area (Å²) in [5.41, 5.74) is 0.555. The molecule has 0 bridgehead atoms. The molecule has 3 aromatic rings. The quantitative estimate of drug-likeness (QED) is 0.353. The molecule has 1 amide bonds. The highest BCUT2D eigenvalue weighted by Gasteiger charge is 2.16. The lowest BCUT2D eigenvalue weighted by Gasteiger charge is -2.19. The van der Waals surface area contributed by atoms with Crippen LogP contribution in [0.25, 0.3) is 11.0 Å². The number of nitrogens with one attached hydrogen (secondary N) is 1. The lowest BCUT2D eigenvalue weighted by atomic mass is 9.87. The Hall–Kier alpha value is -3.61. The Morgan fingerprint density at radius 3 is 2.28 bits per heavy atom. The van der Waals surface area contributed by atoms with E-state index in [0.29, 0.717) is 11.1 Å². The Morgan fingerprint density at radius 1 is 1.00 bits per heavy atom. The van der Waals surface area contributed by atoms with Crippen LogP contribution in [-0.2, 0) is 10.2 Å². The van der Waals surface area contributed by atoms with Gasteiger partial charge in [-0.25, -0.2) is 9.59 Å². The number of carbonyl (C=O) groups excluding carboxylic acids is 2. The summed E-state index contributed by atoms with van der Waals surface area (Å²) >= 11 is 0. The van der Waals surface area contributed by atoms with Crippen molar-refractivity contribution in [3.8, 4) is 11.5 Å². The van der Waals surface area contributed by atoms with Crippen LogP contribution in [0.15, 0.2) is 57.7 Å². The highest BCUT2D eigenvalue weighted by atomic mass is 16.6. The summed E-state index contributed by atoms with van der Waals surface area (Å²) in [5.74, 6) is -0.332. The van der Waals surface area contributed by atoms with Gasteiger partial charge in [-0.15, -0.1) is 0 Å². The fourth-order valence-electron chi connectivity index (χ4n) is 3.01. The van der Waals surface area contributed by atoms with Gasteiger partial charge < -0.3 is 19.2 Å². The van der Waals surface area contributed by atoms with Crippen LogP contribution in [0.4, 0.5) is 0 Å². The fraction of sp³-hybridized carbons (Fsp3) is 0.320. The van der Waals surface area contributed by atoms with Crippen LogP contribution < -0.4 is 20.4 Å². The van der Waals surface area contributed by atoms with Crippen molar-refractivity contribution < 1.29 is 23.5 Å². The van der Waals surface area contributed by atoms with E-state index in [0.717, 1.165) is 5.56 Å². The van der Waals surface area contributed by atoms with Crippen molar-refractivity contribution in [2.24, 2.45) is 0 Å². The lowest BCUT2D eigenvalue weighted by molar-refractivity contribution is -0.136. The maximum absolute atomic E-state index is 12.2. The first-order valence-corrected chi connectivity index (χ1v) is 10.4. The van der Waals surface area contributed by atoms with Crippen LogP contribution in [0.5, 0.6) is 11.5 Å². The molecule has 32 heavy (non-hydrogen) atoms. The first-order valence-electron chi connectivity index (χ1n) is 10.4. The average molecular weight is 437 g/mol. The lowest BCUT2D eigenvalue weighted by Crippen LogP contribution is -2.33. The average Bonchev–Trinajstić information content (AvgIpc) is 2.70. The van der Waals surface area contributed by atoms with Gasteiger partial charge in [0.05, 0.1) is 0 Å². The zero-order valence-electron chi connectivity index (χ0n) is 18.9. The van der Waals surface area contributed by atoms with E-state index in [1.54, 1.807) is 26.0 Å². The first-order chi connectivity index (χ1) is 15.0. The highest BCUT2D eigenvalue weighted by molar-refractivity contribution is 5.96. The standard InChI is InChI=1S/C25H27NO6/c1-15(2)26-23(28)20-12-16-6-9-19(13-21(16)32-24(20)29)31-22(27)14-30-18-10-7-17(8-11-18)25(3,4)5/h6-13,15H,14H2,1-5H3,(H,26,28). The monoisotopic (exact) mass is 437 g/mol. The third-order valence-electron chi connectivity index (χ3n) is 4.68. The maximum atomic E-state index is 12.2. The number of hydrogen-bond donors (Lipinski definition) is 1. The highest BCUT2D eigenvalue weighted by Crippen LogP contribution is 2.24. The largest absolute Gasteiger partial charge is 0.482 e. The van der Waals surface area contributed by atoms with Crippen molar-refractivity contribution in [1.29, 1.82) is 0 Å². The molecule has 0 unspecified atom stereocenters. The second-order valence-corrected chi connectivity index (χ2v) is 8.81. The van der Waals surface area contributed by atoms with Crippen molar-refractivity contribution in [1.82, 2.24) is 5.32 Å². The molecule has 1 aromatic heterocycles. The molecule has 7 nitrogen and oxygen atoms in total. The van der Waals surface area contributed by atoms with Gasteiger partial charge in [0.1, 0.15) is 22.6 Å². The number of hydrogen-bond acceptors (Lipinski definition) is 6. The Morgan fingerprint density at radius 2 is 1.66 bits per heavy atom. The molecule has 0 fully saturated rings. The van der Waals surface area contributed by atoms with E-state index >= 15 is 0 Å². The Kier molecular flexibility index (Phi) is 6.67. The van der Waals surface area contributed by atoms with E-state index < -0.39 is 17.5 Å². The predicted octanol–water partition coefficient (Wildman–Crippen LogP) is 4.21. The number of fused-ring (bicyclic) bond motifs is 1. The van der Waals surface area contributed by atoms with Crippen molar-refractivity contribution in [2.45, 2.75) is 46.1 Å². The minimum Gasteiger partial charge on any atom is -0.482 e. The van der Waals surface area contributed by atoms with E-state index in [2.05, 4.69) is 26.1 Å². The van der Waals surface area contributed by atoms with Gasteiger partial charge in [-0.3, -0.25) is 4.79 Å². The van der Waals surface area contributed by atoms with E-state index in [4.69, 9.17) is 13.9 Å². The second-order valence-electron chi connectivity index (χ2n) is 8.81. The summed E-state index contributed by atoms with van der Waals surface area (Å²) in [6.07, 6.45) is 0. The van der Waals surface area contributed by atoms with Crippen LogP contribution in [0.1, 0.15) is 50.5 Å². The summed E-state index contributed by atoms with van der Waals surface area (Å²) < 4.78 is 16.0. The van der Waals surface area contributed by atoms with Gasteiger partial charge in [-0.1, -0.05) is 32.9 Å². The van der Waals surface area contributed by atoms with E-state index in [1.807, 2.05) is 24.3 Å². The van der Waals surface area contributed by atoms with Crippen molar-refractivity contribution in [3.05, 3.63) is 70.1 Å². The molecule has 0 saturated heterocycles. The van der Waals surface area contributed by atoms with E-state index in [1.165, 1.54) is 12.1 Å². The van der Waals surface area contributed by atoms with Crippen LogP contribution in [0, 0.1) is 0 Å². The summed E-state index contributed by atoms with van der Waals surface area (Å²) in [4.78, 5) is 36.5. The minimum absolute atomic E-state index is 0.0293. The van der Waals surface area contributed by atoms with Gasteiger partial charge >= 0.3 is 11.6 Å². The number of esters is 1. The third-order valence-corrected chi connectivity index (χ3v) is 4.68. The van der Waals surface area contributed by atoms with Gasteiger partial charge in [-0.2, -0.15) is 0 Å². The molecule has 2 aromatic carbocycles. The van der Waals surface area contributed by atoms with Crippen LogP contribution in [0.3, 0.4) is 0 Å². The van der Waals surface area contributed by atoms with Crippen molar-refractivity contribution in [2.75, 3.05) is 6.61 Å². The van der Waals surface area contributed by atoms with Crippen LogP contribution in [-0.4, -0.2) is 24.5 Å². The molecule has 0 aliphatic carbocycles. The van der Waals surface area contributed by atoms with Crippen molar-refractivity contribution >= 4 is 22.8 Å². The zero-order chi connectivity index (χ0) is 23.5. The van der Waals surface area contributed by atoms with Gasteiger partial charge in [0.15, 0.2) is 6.61 Å². The molecule has 0 atom stereocenters. The molecule has 0 radical (unpaired) electrons. The maximum Gasteiger partial charge on any atom is 0.349 e. The molecule has 0 aliphatic rings. The van der Waals surface area contributed by atoms with E-state index in [-0.39, 0.29) is 35.0 Å². The summed E-state index contributed by atoms with van der Waals surface area (Å²) in [6, 6.07) is 13.5. The Labute approximate surface area is 186 Å². The molecule has 0 spiro atoms. The Balaban J connectivity index is 1.66. The smallest absolute Gasteiger partial charge is 0.349 e. The summed E-state index contributed by atoms with van der Waals surface area (Å²) in [6.45, 7) is 9.68. The predicted molar refractivity (Wildman–Crippen MR) is 121 cm³/mol. The molecular weight excluding hydrogens is 410 g/mol. The molecule has 0 saturated carbocycles. The van der Waals surface area contributed by atoms with Gasteiger partial charge in [0.25, 0.3) is 5.91 Å². The molecule has 3 rings (SSSR count). The van der Waals surface area contributed by atoms with Crippen LogP contribution >= 0.6 is 0 Å². The minimum atomic E-state index is -0.763. The molecule has 1 N–H and O–H groups in total. The summed E-state index contributed by atoms with van der Waals surface area (Å²) in [5, 5.41) is 3.19. The molecule has 7 heteroatoms. The van der Waals surface area contributed by atoms with Crippen LogP contribution in [0.2, 0.25) is 0 Å². The molecular formula is C25H27NO6. The van der Waals surface area contributed by atoms with Crippen molar-refractivity contribution in [3.63, 3.8) is 0 Å². The molecule has 1 heterocycles. The van der Waals surface area contributed by atoms with Gasteiger partial charge in [-0.05, 0) is 55.2 Å². The fourth-order valence-corrected chi connectivity index (χ4v) is 3.01. The van der Waals surface area contributed by atoms with E-state index in [9.17, 15) is 14.4 Å². The SMILES string of the molecule is CC(C)NC(=O)c1cc2ccc(OC(=O)COc3ccc(C(C)(C)C)cc3)cc2oc1=O. The first kappa shape index (κ1) is 23.1. The van der Waals surface area contributed by atoms with Gasteiger partial charge in [0.2, 0.25) is 0 Å². The number of amides is 1. The summed E-state index contributed by atoms with van der Waals surface area (Å²) in [7, 11) is 0. The number of benzene rings is 2. The second kappa shape index (κ2) is 9.26. The number of ether oxygens (including phenoxy) is 2. The Bertz CT molecular complexity index is 1190. The topological polar surface area (TPSA) is 94.8 Å². The third kappa shape index (κ3) is 5.75. The zero-order valence-corrected chi connectivity index (χ0v) is 18.9. The normalized spacial score (nSPS) is 11.4. The number of rotatable bonds is 6.